The fraction of sp³-hybridized carbons (Fsp3) is 0.692. The lowest BCUT2D eigenvalue weighted by atomic mass is 9.88. The topological polar surface area (TPSA) is 26.3 Å². The first-order chi connectivity index (χ1) is 7.02. The van der Waals surface area contributed by atoms with Gasteiger partial charge < -0.3 is 4.74 Å². The normalized spacial score (nSPS) is 18.7. The molecule has 0 aromatic rings. The largest absolute Gasteiger partial charge is 0.455 e. The number of esters is 1. The molecule has 0 radical (unpaired) electrons. The smallest absolute Gasteiger partial charge is 0.342 e. The summed E-state index contributed by atoms with van der Waals surface area (Å²) in [4.78, 5) is 11.7. The molecule has 84 valence electrons. The van der Waals surface area contributed by atoms with Gasteiger partial charge in [-0.25, -0.2) is 4.79 Å². The van der Waals surface area contributed by atoms with E-state index in [0.717, 1.165) is 25.7 Å². The molecule has 1 fully saturated rings. The van der Waals surface area contributed by atoms with Gasteiger partial charge in [0, 0.05) is 0 Å². The third-order valence-electron chi connectivity index (χ3n) is 3.37. The van der Waals surface area contributed by atoms with Gasteiger partial charge in [0.15, 0.2) is 0 Å². The van der Waals surface area contributed by atoms with Crippen molar-refractivity contribution < 1.29 is 9.53 Å². The zero-order valence-corrected chi connectivity index (χ0v) is 9.93. The molecule has 0 atom stereocenters. The summed E-state index contributed by atoms with van der Waals surface area (Å²) in [5, 5.41) is 0. The van der Waals surface area contributed by atoms with E-state index in [1.54, 1.807) is 6.92 Å². The van der Waals surface area contributed by atoms with Crippen molar-refractivity contribution in [2.45, 2.75) is 52.1 Å². The van der Waals surface area contributed by atoms with Crippen molar-refractivity contribution in [2.75, 3.05) is 0 Å². The van der Waals surface area contributed by atoms with Gasteiger partial charge in [0.05, 0.1) is 5.57 Å². The average Bonchev–Trinajstić information content (AvgIpc) is 2.66. The molecule has 0 aliphatic heterocycles. The zero-order chi connectivity index (χ0) is 11.5. The predicted octanol–water partition coefficient (Wildman–Crippen LogP) is 3.23. The Balaban J connectivity index is 2.76. The molecule has 2 nitrogen and oxygen atoms in total. The van der Waals surface area contributed by atoms with Crippen LogP contribution in [0.4, 0.5) is 0 Å². The molecule has 1 saturated carbocycles. The second-order valence-electron chi connectivity index (χ2n) is 4.62. The molecule has 15 heavy (non-hydrogen) atoms. The molecule has 0 amide bonds. The van der Waals surface area contributed by atoms with Gasteiger partial charge in [-0.2, -0.15) is 0 Å². The van der Waals surface area contributed by atoms with Gasteiger partial charge in [-0.3, -0.25) is 0 Å². The Hall–Kier alpha value is -1.01. The Labute approximate surface area is 92.0 Å². The number of ether oxygens (including phenoxy) is 1. The Morgan fingerprint density at radius 2 is 1.93 bits per heavy atom. The number of rotatable bonds is 3. The summed E-state index contributed by atoms with van der Waals surface area (Å²) in [6.07, 6.45) is 4.28. The van der Waals surface area contributed by atoms with E-state index in [0.29, 0.717) is 11.5 Å². The lowest BCUT2D eigenvalue weighted by molar-refractivity contribution is -0.159. The van der Waals surface area contributed by atoms with Crippen molar-refractivity contribution in [3.8, 4) is 0 Å². The summed E-state index contributed by atoms with van der Waals surface area (Å²) in [5.41, 5.74) is 2.82. The van der Waals surface area contributed by atoms with Gasteiger partial charge in [0.1, 0.15) is 5.60 Å². The Morgan fingerprint density at radius 1 is 1.40 bits per heavy atom. The molecular weight excluding hydrogens is 188 g/mol. The Kier molecular flexibility index (Phi) is 3.76. The zero-order valence-electron chi connectivity index (χ0n) is 9.93. The Bertz CT molecular complexity index is 290. The number of carbonyl (C=O) groups is 1. The number of hydrogen-bond donors (Lipinski definition) is 0. The second kappa shape index (κ2) is 4.67. The minimum Gasteiger partial charge on any atom is -0.455 e. The second-order valence-corrected chi connectivity index (χ2v) is 4.62. The van der Waals surface area contributed by atoms with Crippen LogP contribution < -0.4 is 0 Å². The van der Waals surface area contributed by atoms with Crippen molar-refractivity contribution in [3.63, 3.8) is 0 Å². The van der Waals surface area contributed by atoms with Crippen molar-refractivity contribution in [2.24, 2.45) is 5.92 Å². The van der Waals surface area contributed by atoms with Crippen LogP contribution in [0, 0.1) is 5.92 Å². The SMILES string of the molecule is C=C=C(C)C(=O)OC1(C(C)C)CCCC1. The van der Waals surface area contributed by atoms with E-state index in [4.69, 9.17) is 4.74 Å². The lowest BCUT2D eigenvalue weighted by Gasteiger charge is -2.33. The maximum absolute atomic E-state index is 11.7. The highest BCUT2D eigenvalue weighted by Gasteiger charge is 2.40. The summed E-state index contributed by atoms with van der Waals surface area (Å²) in [7, 11) is 0. The highest BCUT2D eigenvalue weighted by Crippen LogP contribution is 2.39. The summed E-state index contributed by atoms with van der Waals surface area (Å²) >= 11 is 0. The maximum Gasteiger partial charge on any atom is 0.342 e. The predicted molar refractivity (Wildman–Crippen MR) is 60.5 cm³/mol. The molecule has 2 heteroatoms. The summed E-state index contributed by atoms with van der Waals surface area (Å²) in [6.45, 7) is 9.39. The van der Waals surface area contributed by atoms with Crippen LogP contribution in [0.2, 0.25) is 0 Å². The quantitative estimate of drug-likeness (QED) is 0.404. The van der Waals surface area contributed by atoms with E-state index in [9.17, 15) is 4.79 Å². The third-order valence-corrected chi connectivity index (χ3v) is 3.37. The molecule has 0 unspecified atom stereocenters. The molecule has 0 N–H and O–H groups in total. The van der Waals surface area contributed by atoms with E-state index in [1.165, 1.54) is 0 Å². The van der Waals surface area contributed by atoms with Crippen molar-refractivity contribution in [1.29, 1.82) is 0 Å². The molecular formula is C13H20O2. The van der Waals surface area contributed by atoms with E-state index in [2.05, 4.69) is 26.2 Å². The molecule has 1 aliphatic carbocycles. The van der Waals surface area contributed by atoms with Crippen LogP contribution in [0.5, 0.6) is 0 Å². The van der Waals surface area contributed by atoms with E-state index in [-0.39, 0.29) is 11.6 Å². The minimum atomic E-state index is -0.263. The molecule has 0 bridgehead atoms. The van der Waals surface area contributed by atoms with Gasteiger partial charge in [-0.15, -0.1) is 5.73 Å². The number of hydrogen-bond acceptors (Lipinski definition) is 2. The van der Waals surface area contributed by atoms with Crippen LogP contribution in [0.15, 0.2) is 17.9 Å². The Morgan fingerprint density at radius 3 is 2.33 bits per heavy atom. The maximum atomic E-state index is 11.7. The molecule has 0 aromatic carbocycles. The molecule has 0 aromatic heterocycles. The van der Waals surface area contributed by atoms with Crippen LogP contribution in [0.3, 0.4) is 0 Å². The standard InChI is InChI=1S/C13H20O2/c1-5-11(4)12(14)15-13(10(2)3)8-6-7-9-13/h10H,1,6-9H2,2-4H3. The van der Waals surface area contributed by atoms with Crippen molar-refractivity contribution >= 4 is 5.97 Å². The van der Waals surface area contributed by atoms with E-state index in [1.807, 2.05) is 0 Å². The van der Waals surface area contributed by atoms with Gasteiger partial charge in [0.2, 0.25) is 0 Å². The van der Waals surface area contributed by atoms with Crippen molar-refractivity contribution in [1.82, 2.24) is 0 Å². The fourth-order valence-corrected chi connectivity index (χ4v) is 2.10. The fourth-order valence-electron chi connectivity index (χ4n) is 2.10. The number of carbonyl (C=O) groups excluding carboxylic acids is 1. The van der Waals surface area contributed by atoms with Gasteiger partial charge in [-0.1, -0.05) is 20.4 Å². The average molecular weight is 208 g/mol. The minimum absolute atomic E-state index is 0.241. The van der Waals surface area contributed by atoms with Gasteiger partial charge in [0.25, 0.3) is 0 Å². The lowest BCUT2D eigenvalue weighted by Crippen LogP contribution is -2.37. The molecule has 0 spiro atoms. The van der Waals surface area contributed by atoms with Crippen LogP contribution in [-0.4, -0.2) is 11.6 Å². The van der Waals surface area contributed by atoms with Gasteiger partial charge >= 0.3 is 5.97 Å². The van der Waals surface area contributed by atoms with E-state index < -0.39 is 0 Å². The van der Waals surface area contributed by atoms with Crippen LogP contribution in [-0.2, 0) is 9.53 Å². The first-order valence-electron chi connectivity index (χ1n) is 5.62. The summed E-state index contributed by atoms with van der Waals surface area (Å²) in [5.74, 6) is 0.113. The molecule has 0 saturated heterocycles. The first-order valence-corrected chi connectivity index (χ1v) is 5.62. The highest BCUT2D eigenvalue weighted by molar-refractivity contribution is 5.87. The monoisotopic (exact) mass is 208 g/mol. The third kappa shape index (κ3) is 2.51. The van der Waals surface area contributed by atoms with Crippen molar-refractivity contribution in [3.05, 3.63) is 17.9 Å². The van der Waals surface area contributed by atoms with Gasteiger partial charge in [-0.05, 0) is 38.5 Å². The summed E-state index contributed by atoms with van der Waals surface area (Å²) in [6, 6.07) is 0. The van der Waals surface area contributed by atoms with Crippen LogP contribution >= 0.6 is 0 Å². The first kappa shape index (κ1) is 12.1. The van der Waals surface area contributed by atoms with E-state index >= 15 is 0 Å². The van der Waals surface area contributed by atoms with Crippen LogP contribution in [0.25, 0.3) is 0 Å². The molecule has 1 aliphatic rings. The van der Waals surface area contributed by atoms with Crippen LogP contribution in [0.1, 0.15) is 46.5 Å². The molecule has 0 heterocycles. The highest BCUT2D eigenvalue weighted by atomic mass is 16.6. The molecule has 1 rings (SSSR count). The summed E-state index contributed by atoms with van der Waals surface area (Å²) < 4.78 is 5.63.